The first-order valence-corrected chi connectivity index (χ1v) is 7.24. The summed E-state index contributed by atoms with van der Waals surface area (Å²) in [6.07, 6.45) is 5.37. The summed E-state index contributed by atoms with van der Waals surface area (Å²) in [6, 6.07) is 3.84. The highest BCUT2D eigenvalue weighted by molar-refractivity contribution is 6.30. The molecule has 8 heteroatoms. The van der Waals surface area contributed by atoms with Gasteiger partial charge in [-0.05, 0) is 43.2 Å². The minimum atomic E-state index is -1.02. The van der Waals surface area contributed by atoms with Crippen molar-refractivity contribution in [1.29, 1.82) is 0 Å². The lowest BCUT2D eigenvalue weighted by molar-refractivity contribution is -0.138. The molecule has 6 N–H and O–H groups in total. The Morgan fingerprint density at radius 3 is 2.74 bits per heavy atom. The SMILES string of the molecule is NC(N)=NCCC[C@H](N=C/C=C/c1ccc(Cl)cc1O)C(=O)O. The van der Waals surface area contributed by atoms with E-state index in [0.717, 1.165) is 0 Å². The maximum atomic E-state index is 11.1. The van der Waals surface area contributed by atoms with Gasteiger partial charge in [-0.15, -0.1) is 0 Å². The molecule has 0 bridgehead atoms. The van der Waals surface area contributed by atoms with Crippen LogP contribution in [0, 0.1) is 0 Å². The van der Waals surface area contributed by atoms with Crippen LogP contribution in [0.15, 0.2) is 34.3 Å². The molecule has 1 aromatic rings. The molecule has 0 aliphatic carbocycles. The second-order valence-corrected chi connectivity index (χ2v) is 5.10. The summed E-state index contributed by atoms with van der Waals surface area (Å²) in [5, 5.41) is 19.2. The molecule has 23 heavy (non-hydrogen) atoms. The predicted molar refractivity (Wildman–Crippen MR) is 92.0 cm³/mol. The zero-order valence-corrected chi connectivity index (χ0v) is 13.1. The molecule has 0 saturated carbocycles. The smallest absolute Gasteiger partial charge is 0.328 e. The van der Waals surface area contributed by atoms with Crippen molar-refractivity contribution >= 4 is 35.8 Å². The van der Waals surface area contributed by atoms with Crippen LogP contribution in [0.4, 0.5) is 0 Å². The van der Waals surface area contributed by atoms with E-state index in [0.29, 0.717) is 30.0 Å². The first kappa shape index (κ1) is 18.5. The first-order chi connectivity index (χ1) is 10.9. The molecule has 0 amide bonds. The number of aromatic hydroxyl groups is 1. The van der Waals surface area contributed by atoms with E-state index in [1.807, 2.05) is 0 Å². The summed E-state index contributed by atoms with van der Waals surface area (Å²) in [5.41, 5.74) is 10.9. The largest absolute Gasteiger partial charge is 0.507 e. The van der Waals surface area contributed by atoms with Gasteiger partial charge >= 0.3 is 5.97 Å². The number of carbonyl (C=O) groups is 1. The van der Waals surface area contributed by atoms with E-state index in [4.69, 9.17) is 28.2 Å². The molecular weight excluding hydrogens is 320 g/mol. The molecule has 0 unspecified atom stereocenters. The molecule has 0 spiro atoms. The number of rotatable bonds is 8. The Labute approximate surface area is 139 Å². The number of phenolic OH excluding ortho intramolecular Hbond substituents is 1. The lowest BCUT2D eigenvalue weighted by atomic mass is 10.1. The van der Waals surface area contributed by atoms with Crippen molar-refractivity contribution in [2.45, 2.75) is 18.9 Å². The van der Waals surface area contributed by atoms with E-state index in [1.165, 1.54) is 12.3 Å². The number of nitrogens with zero attached hydrogens (tertiary/aromatic N) is 2. The monoisotopic (exact) mass is 338 g/mol. The Bertz CT molecular complexity index is 625. The van der Waals surface area contributed by atoms with Gasteiger partial charge in [0.2, 0.25) is 0 Å². The number of carboxylic acid groups (broad SMARTS) is 1. The van der Waals surface area contributed by atoms with Gasteiger partial charge < -0.3 is 21.7 Å². The molecule has 0 aromatic heterocycles. The van der Waals surface area contributed by atoms with Crippen molar-refractivity contribution in [2.75, 3.05) is 6.54 Å². The zero-order chi connectivity index (χ0) is 17.2. The highest BCUT2D eigenvalue weighted by Gasteiger charge is 2.13. The van der Waals surface area contributed by atoms with Crippen LogP contribution in [0.1, 0.15) is 18.4 Å². The molecule has 1 atom stereocenters. The van der Waals surface area contributed by atoms with Crippen molar-refractivity contribution in [2.24, 2.45) is 21.5 Å². The third-order valence-electron chi connectivity index (χ3n) is 2.84. The number of phenols is 1. The molecule has 0 aliphatic rings. The molecule has 0 fully saturated rings. The van der Waals surface area contributed by atoms with Crippen molar-refractivity contribution in [3.63, 3.8) is 0 Å². The van der Waals surface area contributed by atoms with Crippen molar-refractivity contribution in [3.8, 4) is 5.75 Å². The number of hydrogen-bond donors (Lipinski definition) is 4. The van der Waals surface area contributed by atoms with Crippen LogP contribution in [0.3, 0.4) is 0 Å². The average molecular weight is 339 g/mol. The fourth-order valence-corrected chi connectivity index (χ4v) is 1.88. The quantitative estimate of drug-likeness (QED) is 0.324. The molecule has 0 saturated heterocycles. The topological polar surface area (TPSA) is 134 Å². The predicted octanol–water partition coefficient (Wildman–Crippen LogP) is 1.64. The number of hydrogen-bond acceptors (Lipinski definition) is 4. The number of guanidine groups is 1. The standard InChI is InChI=1S/C15H19ClN4O3/c16-11-6-5-10(13(21)9-11)3-1-7-19-12(14(22)23)4-2-8-20-15(17)18/h1,3,5-7,9,12,21H,2,4,8H2,(H,22,23)(H4,17,18,20)/b3-1+,19-7?/t12-/m0/s1. The number of aliphatic carboxylic acids is 1. The third kappa shape index (κ3) is 7.32. The molecule has 0 radical (unpaired) electrons. The van der Waals surface area contributed by atoms with Gasteiger partial charge in [-0.25, -0.2) is 4.79 Å². The molecule has 1 aromatic carbocycles. The lowest BCUT2D eigenvalue weighted by Crippen LogP contribution is -2.23. The number of allylic oxidation sites excluding steroid dienone is 1. The Hall–Kier alpha value is -2.54. The Morgan fingerprint density at radius 2 is 2.13 bits per heavy atom. The molecule has 0 heterocycles. The number of carboxylic acids is 1. The van der Waals surface area contributed by atoms with Crippen molar-refractivity contribution < 1.29 is 15.0 Å². The van der Waals surface area contributed by atoms with Gasteiger partial charge in [0.05, 0.1) is 0 Å². The summed E-state index contributed by atoms with van der Waals surface area (Å²) < 4.78 is 0. The Balaban J connectivity index is 2.58. The van der Waals surface area contributed by atoms with E-state index >= 15 is 0 Å². The van der Waals surface area contributed by atoms with E-state index < -0.39 is 12.0 Å². The second kappa shape index (κ2) is 9.47. The van der Waals surface area contributed by atoms with E-state index in [1.54, 1.807) is 24.3 Å². The number of halogens is 1. The number of benzene rings is 1. The van der Waals surface area contributed by atoms with Gasteiger partial charge in [0.15, 0.2) is 5.96 Å². The van der Waals surface area contributed by atoms with Crippen LogP contribution >= 0.6 is 11.6 Å². The van der Waals surface area contributed by atoms with Gasteiger partial charge in [0.1, 0.15) is 11.8 Å². The van der Waals surface area contributed by atoms with Gasteiger partial charge in [0, 0.05) is 23.3 Å². The van der Waals surface area contributed by atoms with Crippen LogP contribution in [0.25, 0.3) is 6.08 Å². The maximum absolute atomic E-state index is 11.1. The maximum Gasteiger partial charge on any atom is 0.328 e. The van der Waals surface area contributed by atoms with Crippen LogP contribution in [-0.4, -0.2) is 40.9 Å². The molecule has 1 rings (SSSR count). The van der Waals surface area contributed by atoms with Crippen LogP contribution < -0.4 is 11.5 Å². The third-order valence-corrected chi connectivity index (χ3v) is 3.07. The second-order valence-electron chi connectivity index (χ2n) is 4.66. The highest BCUT2D eigenvalue weighted by Crippen LogP contribution is 2.22. The number of aliphatic imine (C=N–C) groups is 2. The minimum absolute atomic E-state index is 0.0221. The van der Waals surface area contributed by atoms with Crippen LogP contribution in [0.5, 0.6) is 5.75 Å². The van der Waals surface area contributed by atoms with E-state index in [9.17, 15) is 9.90 Å². The first-order valence-electron chi connectivity index (χ1n) is 6.86. The van der Waals surface area contributed by atoms with Gasteiger partial charge in [-0.3, -0.25) is 9.98 Å². The summed E-state index contributed by atoms with van der Waals surface area (Å²) in [5.74, 6) is -1.01. The average Bonchev–Trinajstić information content (AvgIpc) is 2.46. The van der Waals surface area contributed by atoms with Gasteiger partial charge in [0.25, 0.3) is 0 Å². The normalized spacial score (nSPS) is 12.6. The molecule has 7 nitrogen and oxygen atoms in total. The van der Waals surface area contributed by atoms with Crippen LogP contribution in [0.2, 0.25) is 5.02 Å². The fourth-order valence-electron chi connectivity index (χ4n) is 1.71. The van der Waals surface area contributed by atoms with Crippen LogP contribution in [-0.2, 0) is 4.79 Å². The fraction of sp³-hybridized carbons (Fsp3) is 0.267. The molecule has 124 valence electrons. The van der Waals surface area contributed by atoms with Crippen molar-refractivity contribution in [3.05, 3.63) is 34.9 Å². The van der Waals surface area contributed by atoms with Gasteiger partial charge in [-0.2, -0.15) is 0 Å². The minimum Gasteiger partial charge on any atom is -0.507 e. The van der Waals surface area contributed by atoms with Crippen molar-refractivity contribution in [1.82, 2.24) is 0 Å². The highest BCUT2D eigenvalue weighted by atomic mass is 35.5. The summed E-state index contributed by atoms with van der Waals surface area (Å²) in [7, 11) is 0. The molecule has 0 aliphatic heterocycles. The molecular formula is C15H19ClN4O3. The Morgan fingerprint density at radius 1 is 1.39 bits per heavy atom. The van der Waals surface area contributed by atoms with E-state index in [-0.39, 0.29) is 11.7 Å². The van der Waals surface area contributed by atoms with E-state index in [2.05, 4.69) is 9.98 Å². The Kier molecular flexibility index (Phi) is 7.62. The zero-order valence-electron chi connectivity index (χ0n) is 12.4. The summed E-state index contributed by atoms with van der Waals surface area (Å²) >= 11 is 5.73. The summed E-state index contributed by atoms with van der Waals surface area (Å²) in [6.45, 7) is 0.357. The van der Waals surface area contributed by atoms with Gasteiger partial charge in [-0.1, -0.05) is 11.6 Å². The summed E-state index contributed by atoms with van der Waals surface area (Å²) in [4.78, 5) is 18.9. The number of nitrogens with two attached hydrogens (primary N) is 2. The lowest BCUT2D eigenvalue weighted by Gasteiger charge is -2.05.